The first-order chi connectivity index (χ1) is 11.7. The summed E-state index contributed by atoms with van der Waals surface area (Å²) >= 11 is 0. The third-order valence-electron chi connectivity index (χ3n) is 4.50. The number of nitrogens with zero attached hydrogens (tertiary/aromatic N) is 3. The largest absolute Gasteiger partial charge is 0.379 e. The summed E-state index contributed by atoms with van der Waals surface area (Å²) < 4.78 is 7.18. The van der Waals surface area contributed by atoms with Crippen LogP contribution in [0.2, 0.25) is 0 Å². The van der Waals surface area contributed by atoms with Crippen LogP contribution >= 0.6 is 0 Å². The highest BCUT2D eigenvalue weighted by atomic mass is 16.5. The normalized spacial score (nSPS) is 17.7. The van der Waals surface area contributed by atoms with Crippen LogP contribution in [0.15, 0.2) is 24.3 Å². The van der Waals surface area contributed by atoms with E-state index in [2.05, 4.69) is 10.1 Å². The van der Waals surface area contributed by atoms with E-state index in [1.54, 1.807) is 24.3 Å². The smallest absolute Gasteiger partial charge is 0.301 e. The van der Waals surface area contributed by atoms with Gasteiger partial charge in [-0.25, -0.2) is 0 Å². The van der Waals surface area contributed by atoms with Crippen molar-refractivity contribution in [3.63, 3.8) is 0 Å². The van der Waals surface area contributed by atoms with E-state index in [1.165, 1.54) is 4.68 Å². The van der Waals surface area contributed by atoms with Crippen LogP contribution in [0, 0.1) is 4.91 Å². The number of nitrogens with one attached hydrogen (secondary N) is 1. The Kier molecular flexibility index (Phi) is 3.62. The molecule has 2 heterocycles. The summed E-state index contributed by atoms with van der Waals surface area (Å²) in [6.07, 6.45) is 0. The summed E-state index contributed by atoms with van der Waals surface area (Å²) in [7, 11) is 0. The van der Waals surface area contributed by atoms with Crippen molar-refractivity contribution in [1.29, 1.82) is 0 Å². The lowest BCUT2D eigenvalue weighted by molar-refractivity contribution is -0.569. The van der Waals surface area contributed by atoms with Gasteiger partial charge in [0.15, 0.2) is 0 Å². The molecule has 0 amide bonds. The monoisotopic (exact) mass is 329 g/mol. The molecule has 1 aromatic heterocycles. The number of aromatic amines is 1. The van der Waals surface area contributed by atoms with Gasteiger partial charge in [-0.1, -0.05) is 29.5 Å². The fraction of sp³-hybridized carbons (Fsp3) is 0.375. The second-order valence-electron chi connectivity index (χ2n) is 5.90. The minimum Gasteiger partial charge on any atom is -0.379 e. The minimum absolute atomic E-state index is 0.124. The lowest BCUT2D eigenvalue weighted by Crippen LogP contribution is -2.38. The molecule has 8 heteroatoms. The molecule has 0 spiro atoms. The van der Waals surface area contributed by atoms with Crippen LogP contribution < -0.4 is 4.54 Å². The third kappa shape index (κ3) is 2.31. The molecule has 1 aromatic carbocycles. The molecule has 0 atom stereocenters. The van der Waals surface area contributed by atoms with Gasteiger partial charge < -0.3 is 4.74 Å². The predicted molar refractivity (Wildman–Crippen MR) is 82.7 cm³/mol. The molecule has 1 N–H and O–H groups in total. The predicted octanol–water partition coefficient (Wildman–Crippen LogP) is -0.162. The number of carbonyl (C=O) groups is 2. The summed E-state index contributed by atoms with van der Waals surface area (Å²) in [4.78, 5) is 39.7. The maximum Gasteiger partial charge on any atom is 0.301 e. The maximum absolute atomic E-state index is 12.8. The Balaban J connectivity index is 1.68. The topological polar surface area (TPSA) is 90.3 Å². The maximum atomic E-state index is 12.8. The number of fused-ring (bicyclic) bond motifs is 2. The first-order valence-electron chi connectivity index (χ1n) is 7.90. The summed E-state index contributed by atoms with van der Waals surface area (Å²) in [5, 5.41) is 2.57. The van der Waals surface area contributed by atoms with Crippen molar-refractivity contribution in [3.05, 3.63) is 51.7 Å². The van der Waals surface area contributed by atoms with E-state index in [0.717, 1.165) is 13.1 Å². The Labute approximate surface area is 137 Å². The van der Waals surface area contributed by atoms with Gasteiger partial charge in [-0.3, -0.25) is 14.5 Å². The number of aromatic nitrogens is 3. The quantitative estimate of drug-likeness (QED) is 0.674. The summed E-state index contributed by atoms with van der Waals surface area (Å²) in [6, 6.07) is 6.59. The fourth-order valence-electron chi connectivity index (χ4n) is 3.23. The third-order valence-corrected chi connectivity index (χ3v) is 4.50. The van der Waals surface area contributed by atoms with E-state index < -0.39 is 5.78 Å². The number of hydrogen-bond acceptors (Lipinski definition) is 5. The van der Waals surface area contributed by atoms with Crippen LogP contribution in [-0.4, -0.2) is 59.2 Å². The minimum atomic E-state index is -0.420. The number of morpholine rings is 1. The van der Waals surface area contributed by atoms with E-state index >= 15 is 0 Å². The molecule has 1 aliphatic heterocycles. The van der Waals surface area contributed by atoms with Gasteiger partial charge in [0, 0.05) is 30.8 Å². The van der Waals surface area contributed by atoms with Crippen LogP contribution in [0.4, 0.5) is 0 Å². The van der Waals surface area contributed by atoms with Gasteiger partial charge in [-0.2, -0.15) is 0 Å². The molecule has 2 aliphatic rings. The van der Waals surface area contributed by atoms with Gasteiger partial charge in [0.05, 0.1) is 17.8 Å². The van der Waals surface area contributed by atoms with E-state index in [1.807, 2.05) is 0 Å². The van der Waals surface area contributed by atoms with Crippen molar-refractivity contribution in [2.75, 3.05) is 32.8 Å². The number of ketones is 2. The molecule has 0 radical (unpaired) electrons. The molecule has 1 fully saturated rings. The second kappa shape index (κ2) is 5.81. The Morgan fingerprint density at radius 1 is 1.04 bits per heavy atom. The molecular formula is C16H17N4O4+. The lowest BCUT2D eigenvalue weighted by atomic mass is 9.90. The van der Waals surface area contributed by atoms with Crippen LogP contribution in [0.25, 0.3) is 0 Å². The highest BCUT2D eigenvalue weighted by Gasteiger charge is 2.41. The van der Waals surface area contributed by atoms with Gasteiger partial charge in [-0.15, -0.1) is 4.68 Å². The number of rotatable bonds is 3. The van der Waals surface area contributed by atoms with Crippen molar-refractivity contribution in [2.24, 2.45) is 0 Å². The molecular weight excluding hydrogens is 312 g/mol. The molecule has 0 bridgehead atoms. The van der Waals surface area contributed by atoms with Crippen molar-refractivity contribution in [2.45, 2.75) is 6.54 Å². The van der Waals surface area contributed by atoms with Crippen molar-refractivity contribution < 1.29 is 18.9 Å². The number of benzene rings is 1. The fourth-order valence-corrected chi connectivity index (χ4v) is 3.23. The highest BCUT2D eigenvalue weighted by Crippen LogP contribution is 2.24. The van der Waals surface area contributed by atoms with E-state index in [9.17, 15) is 14.5 Å². The Morgan fingerprint density at radius 3 is 2.42 bits per heavy atom. The average molecular weight is 329 g/mol. The molecule has 4 rings (SSSR count). The molecule has 0 unspecified atom stereocenters. The van der Waals surface area contributed by atoms with E-state index in [0.29, 0.717) is 36.4 Å². The molecule has 124 valence electrons. The second-order valence-corrected chi connectivity index (χ2v) is 5.90. The lowest BCUT2D eigenvalue weighted by Gasteiger charge is -2.25. The van der Waals surface area contributed by atoms with Gasteiger partial charge in [0.2, 0.25) is 11.6 Å². The zero-order valence-corrected chi connectivity index (χ0v) is 13.0. The van der Waals surface area contributed by atoms with Crippen molar-refractivity contribution in [3.8, 4) is 0 Å². The van der Waals surface area contributed by atoms with Crippen LogP contribution in [0.3, 0.4) is 0 Å². The molecule has 2 aromatic rings. The van der Waals surface area contributed by atoms with Crippen LogP contribution in [0.5, 0.6) is 0 Å². The Morgan fingerprint density at radius 2 is 1.71 bits per heavy atom. The van der Waals surface area contributed by atoms with Gasteiger partial charge in [0.25, 0.3) is 5.69 Å². The molecule has 8 nitrogen and oxygen atoms in total. The molecule has 1 saturated heterocycles. The highest BCUT2D eigenvalue weighted by molar-refractivity contribution is 6.26. The van der Waals surface area contributed by atoms with E-state index in [4.69, 9.17) is 4.74 Å². The van der Waals surface area contributed by atoms with Gasteiger partial charge in [-0.05, 0) is 4.91 Å². The zero-order chi connectivity index (χ0) is 16.7. The molecule has 24 heavy (non-hydrogen) atoms. The standard InChI is InChI=1S/C16H17N4O4/c21-15-11-3-1-2-4-12(11)16(22)14-13(15)19(17-20(14)23)6-5-18-7-9-24-10-8-18/h1-4H,5-10H2,(H,17,23)/q+1. The van der Waals surface area contributed by atoms with Crippen LogP contribution in [-0.2, 0) is 11.3 Å². The number of carbonyl (C=O) groups excluding carboxylic acids is 2. The summed E-state index contributed by atoms with van der Waals surface area (Å²) in [5.41, 5.74) is 0.635. The molecule has 0 saturated carbocycles. The SMILES string of the molecule is O=C1c2ccccc2C(=O)c2c1n(CCN1CCOCC1)[nH][n+]2=O. The molecule has 1 aliphatic carbocycles. The number of ether oxygens (including phenoxy) is 1. The first kappa shape index (κ1) is 15.0. The zero-order valence-electron chi connectivity index (χ0n) is 13.0. The Bertz CT molecular complexity index is 876. The number of H-pyrrole nitrogens is 1. The average Bonchev–Trinajstić information content (AvgIpc) is 2.95. The first-order valence-corrected chi connectivity index (χ1v) is 7.90. The van der Waals surface area contributed by atoms with Gasteiger partial charge >= 0.3 is 5.69 Å². The van der Waals surface area contributed by atoms with Gasteiger partial charge in [0.1, 0.15) is 6.54 Å². The van der Waals surface area contributed by atoms with Crippen LogP contribution in [0.1, 0.15) is 32.1 Å². The summed E-state index contributed by atoms with van der Waals surface area (Å²) in [6.45, 7) is 4.09. The summed E-state index contributed by atoms with van der Waals surface area (Å²) in [5.74, 6) is -0.718. The Hall–Kier alpha value is -2.58. The van der Waals surface area contributed by atoms with Crippen molar-refractivity contribution in [1.82, 2.24) is 14.8 Å². The van der Waals surface area contributed by atoms with E-state index in [-0.39, 0.29) is 22.7 Å². The number of hydrogen-bond donors (Lipinski definition) is 1. The van der Waals surface area contributed by atoms with Crippen molar-refractivity contribution >= 4 is 11.6 Å².